The molecule has 1 fully saturated rings. The average Bonchev–Trinajstić information content (AvgIpc) is 3.25. The zero-order valence-corrected chi connectivity index (χ0v) is 18.7. The number of halogens is 1. The van der Waals surface area contributed by atoms with Crippen molar-refractivity contribution in [2.45, 2.75) is 32.1 Å². The summed E-state index contributed by atoms with van der Waals surface area (Å²) in [6, 6.07) is 9.61. The lowest BCUT2D eigenvalue weighted by atomic mass is 9.90. The van der Waals surface area contributed by atoms with Gasteiger partial charge in [0, 0.05) is 30.4 Å². The first-order valence-corrected chi connectivity index (χ1v) is 11.3. The average molecular weight is 449 g/mol. The molecule has 1 aliphatic carbocycles. The minimum atomic E-state index is 0.263. The van der Waals surface area contributed by atoms with Gasteiger partial charge in [-0.2, -0.15) is 5.10 Å². The Morgan fingerprint density at radius 3 is 2.75 bits per heavy atom. The summed E-state index contributed by atoms with van der Waals surface area (Å²) in [4.78, 5) is 13.9. The zero-order valence-electron chi connectivity index (χ0n) is 18.0. The summed E-state index contributed by atoms with van der Waals surface area (Å²) in [5.74, 6) is 1.15. The van der Waals surface area contributed by atoms with Crippen LogP contribution < -0.4 is 10.5 Å². The van der Waals surface area contributed by atoms with E-state index < -0.39 is 0 Å². The van der Waals surface area contributed by atoms with Gasteiger partial charge < -0.3 is 10.5 Å². The van der Waals surface area contributed by atoms with Gasteiger partial charge in [-0.3, -0.25) is 9.67 Å². The maximum Gasteiger partial charge on any atom is 0.257 e. The van der Waals surface area contributed by atoms with Gasteiger partial charge >= 0.3 is 0 Å². The van der Waals surface area contributed by atoms with E-state index in [1.54, 1.807) is 10.9 Å². The number of ether oxygens (including phenoxy) is 1. The molecule has 8 heteroatoms. The molecule has 7 nitrogen and oxygen atoms in total. The van der Waals surface area contributed by atoms with Crippen molar-refractivity contribution in [2.75, 3.05) is 12.3 Å². The number of fused-ring (bicyclic) bond motifs is 1. The lowest BCUT2D eigenvalue weighted by Gasteiger charge is -2.22. The second kappa shape index (κ2) is 8.74. The number of aromatic nitrogens is 5. The van der Waals surface area contributed by atoms with E-state index in [0.717, 1.165) is 16.5 Å². The second-order valence-electron chi connectivity index (χ2n) is 8.33. The molecule has 0 amide bonds. The molecule has 3 heterocycles. The molecule has 1 aromatic carbocycles. The molecule has 0 unspecified atom stereocenters. The Labute approximate surface area is 191 Å². The molecular weight excluding hydrogens is 424 g/mol. The van der Waals surface area contributed by atoms with Gasteiger partial charge in [-0.1, -0.05) is 36.9 Å². The fourth-order valence-corrected chi connectivity index (χ4v) is 4.57. The highest BCUT2D eigenvalue weighted by atomic mass is 35.5. The third-order valence-electron chi connectivity index (χ3n) is 5.96. The summed E-state index contributed by atoms with van der Waals surface area (Å²) >= 11 is 6.56. The summed E-state index contributed by atoms with van der Waals surface area (Å²) in [7, 11) is 1.86. The van der Waals surface area contributed by atoms with Gasteiger partial charge in [0.25, 0.3) is 5.88 Å². The van der Waals surface area contributed by atoms with Crippen molar-refractivity contribution < 1.29 is 4.74 Å². The van der Waals surface area contributed by atoms with E-state index in [1.807, 2.05) is 43.6 Å². The topological polar surface area (TPSA) is 91.7 Å². The number of hydrogen-bond acceptors (Lipinski definition) is 6. The minimum absolute atomic E-state index is 0.263. The van der Waals surface area contributed by atoms with Gasteiger partial charge in [0.05, 0.1) is 17.1 Å². The molecular formula is C24H25ClN6O. The van der Waals surface area contributed by atoms with Crippen molar-refractivity contribution >= 4 is 28.3 Å². The summed E-state index contributed by atoms with van der Waals surface area (Å²) < 4.78 is 7.81. The van der Waals surface area contributed by atoms with Gasteiger partial charge in [-0.15, -0.1) is 0 Å². The van der Waals surface area contributed by atoms with Crippen molar-refractivity contribution in [3.8, 4) is 28.5 Å². The van der Waals surface area contributed by atoms with Gasteiger partial charge in [-0.05, 0) is 43.0 Å². The fraction of sp³-hybridized carbons (Fsp3) is 0.333. The summed E-state index contributed by atoms with van der Waals surface area (Å²) in [5.41, 5.74) is 9.74. The summed E-state index contributed by atoms with van der Waals surface area (Å²) in [6.07, 6.45) is 9.76. The Hall–Kier alpha value is -3.19. The first-order chi connectivity index (χ1) is 15.6. The monoisotopic (exact) mass is 448 g/mol. The van der Waals surface area contributed by atoms with Crippen LogP contribution in [-0.2, 0) is 7.05 Å². The standard InChI is InChI=1S/C24H25ClN6O/c1-31-11-9-19(30-31)22-21(17-12-16-8-5-10-27-20(16)18(25)13-17)29-24(23(26)28-22)32-14-15-6-3-2-4-7-15/h5,8-13,15H,2-4,6-7,14H2,1H3,(H2,26,28). The predicted octanol–water partition coefficient (Wildman–Crippen LogP) is 5.29. The van der Waals surface area contributed by atoms with Crippen molar-refractivity contribution in [1.82, 2.24) is 24.7 Å². The normalized spacial score (nSPS) is 14.7. The van der Waals surface area contributed by atoms with Crippen LogP contribution in [0, 0.1) is 5.92 Å². The largest absolute Gasteiger partial charge is 0.475 e. The minimum Gasteiger partial charge on any atom is -0.475 e. The Balaban J connectivity index is 1.59. The van der Waals surface area contributed by atoms with Crippen LogP contribution in [0.15, 0.2) is 42.7 Å². The number of benzene rings is 1. The predicted molar refractivity (Wildman–Crippen MR) is 126 cm³/mol. The van der Waals surface area contributed by atoms with Crippen molar-refractivity contribution in [3.63, 3.8) is 0 Å². The van der Waals surface area contributed by atoms with Crippen LogP contribution >= 0.6 is 11.6 Å². The van der Waals surface area contributed by atoms with Gasteiger partial charge in [-0.25, -0.2) is 9.97 Å². The van der Waals surface area contributed by atoms with E-state index in [2.05, 4.69) is 15.1 Å². The van der Waals surface area contributed by atoms with E-state index >= 15 is 0 Å². The van der Waals surface area contributed by atoms with Crippen LogP contribution in [0.1, 0.15) is 32.1 Å². The fourth-order valence-electron chi connectivity index (χ4n) is 4.30. The summed E-state index contributed by atoms with van der Waals surface area (Å²) in [6.45, 7) is 0.601. The molecule has 1 aliphatic rings. The third kappa shape index (κ3) is 4.12. The molecule has 1 saturated carbocycles. The van der Waals surface area contributed by atoms with E-state index in [9.17, 15) is 0 Å². The van der Waals surface area contributed by atoms with E-state index in [0.29, 0.717) is 40.5 Å². The maximum absolute atomic E-state index is 6.56. The van der Waals surface area contributed by atoms with E-state index in [4.69, 9.17) is 27.1 Å². The SMILES string of the molecule is Cn1ccc(-c2nc(N)c(OCC3CCCCC3)nc2-c2cc(Cl)c3ncccc3c2)n1. The zero-order chi connectivity index (χ0) is 22.1. The third-order valence-corrected chi connectivity index (χ3v) is 6.25. The van der Waals surface area contributed by atoms with E-state index in [1.165, 1.54) is 32.1 Å². The molecule has 0 radical (unpaired) electrons. The Kier molecular flexibility index (Phi) is 5.66. The number of rotatable bonds is 5. The number of anilines is 1. The van der Waals surface area contributed by atoms with Crippen LogP contribution in [0.4, 0.5) is 5.82 Å². The molecule has 4 aromatic rings. The molecule has 0 atom stereocenters. The molecule has 5 rings (SSSR count). The molecule has 0 bridgehead atoms. The quantitative estimate of drug-likeness (QED) is 0.446. The molecule has 32 heavy (non-hydrogen) atoms. The molecule has 3 aromatic heterocycles. The Bertz CT molecular complexity index is 1260. The van der Waals surface area contributed by atoms with Gasteiger partial charge in [0.2, 0.25) is 0 Å². The summed E-state index contributed by atoms with van der Waals surface area (Å²) in [5, 5.41) is 5.99. The highest BCUT2D eigenvalue weighted by molar-refractivity contribution is 6.35. The first-order valence-electron chi connectivity index (χ1n) is 10.9. The molecule has 2 N–H and O–H groups in total. The van der Waals surface area contributed by atoms with Crippen molar-refractivity contribution in [3.05, 3.63) is 47.7 Å². The van der Waals surface area contributed by atoms with Crippen LogP contribution in [-0.4, -0.2) is 31.3 Å². The maximum atomic E-state index is 6.56. The Morgan fingerprint density at radius 2 is 1.97 bits per heavy atom. The van der Waals surface area contributed by atoms with Crippen molar-refractivity contribution in [2.24, 2.45) is 13.0 Å². The molecule has 0 aliphatic heterocycles. The number of nitrogens with zero attached hydrogens (tertiary/aromatic N) is 5. The number of hydrogen-bond donors (Lipinski definition) is 1. The highest BCUT2D eigenvalue weighted by Gasteiger charge is 2.21. The smallest absolute Gasteiger partial charge is 0.257 e. The van der Waals surface area contributed by atoms with Crippen LogP contribution in [0.2, 0.25) is 5.02 Å². The van der Waals surface area contributed by atoms with Gasteiger partial charge in [0.1, 0.15) is 17.1 Å². The first kappa shape index (κ1) is 20.7. The number of nitrogens with two attached hydrogens (primary N) is 1. The number of nitrogen functional groups attached to an aromatic ring is 1. The molecule has 0 spiro atoms. The van der Waals surface area contributed by atoms with Crippen molar-refractivity contribution in [1.29, 1.82) is 0 Å². The highest BCUT2D eigenvalue weighted by Crippen LogP contribution is 2.36. The second-order valence-corrected chi connectivity index (χ2v) is 8.74. The van der Waals surface area contributed by atoms with Crippen LogP contribution in [0.3, 0.4) is 0 Å². The van der Waals surface area contributed by atoms with Crippen LogP contribution in [0.25, 0.3) is 33.5 Å². The number of pyridine rings is 1. The lowest BCUT2D eigenvalue weighted by molar-refractivity contribution is 0.203. The number of aryl methyl sites for hydroxylation is 1. The molecule has 0 saturated heterocycles. The van der Waals surface area contributed by atoms with Gasteiger partial charge in [0.15, 0.2) is 5.82 Å². The lowest BCUT2D eigenvalue weighted by Crippen LogP contribution is -2.17. The Morgan fingerprint density at radius 1 is 1.12 bits per heavy atom. The van der Waals surface area contributed by atoms with E-state index in [-0.39, 0.29) is 5.82 Å². The molecule has 164 valence electrons. The van der Waals surface area contributed by atoms with Crippen LogP contribution in [0.5, 0.6) is 5.88 Å².